The van der Waals surface area contributed by atoms with Crippen LogP contribution < -0.4 is 0 Å². The molecule has 7 unspecified atom stereocenters. The Balaban J connectivity index is 1.31. The van der Waals surface area contributed by atoms with Crippen LogP contribution in [0, 0.1) is 45.3 Å². The SMILES string of the molecule is CC1CC(N(C2C=C(C(C)(C)C)CC(C(C)(C)C)C2)C2CCC=C(C3CCCCC3)C2)=CC(N2C3CC=C(C(C)(C)C)CC3C3(CCCCC3)C2(C)C)C1. The molecule has 0 bridgehead atoms. The molecule has 1 aliphatic heterocycles. The van der Waals surface area contributed by atoms with Crippen molar-refractivity contribution in [2.75, 3.05) is 0 Å². The van der Waals surface area contributed by atoms with E-state index in [1.54, 1.807) is 16.8 Å². The highest BCUT2D eigenvalue weighted by atomic mass is 15.3. The van der Waals surface area contributed by atoms with Gasteiger partial charge in [-0.15, -0.1) is 0 Å². The zero-order chi connectivity index (χ0) is 38.8. The van der Waals surface area contributed by atoms with Crippen LogP contribution in [-0.4, -0.2) is 39.5 Å². The van der Waals surface area contributed by atoms with Crippen molar-refractivity contribution in [3.8, 4) is 0 Å². The fourth-order valence-electron chi connectivity index (χ4n) is 14.0. The summed E-state index contributed by atoms with van der Waals surface area (Å²) >= 11 is 0. The Labute approximate surface area is 335 Å². The van der Waals surface area contributed by atoms with Crippen molar-refractivity contribution in [3.63, 3.8) is 0 Å². The fraction of sp³-hybridized carbons (Fsp3) is 0.846. The molecule has 7 atom stereocenters. The number of allylic oxidation sites excluding steroid dienone is 4. The summed E-state index contributed by atoms with van der Waals surface area (Å²) in [6.07, 6.45) is 37.3. The number of rotatable bonds is 5. The van der Waals surface area contributed by atoms with Crippen LogP contribution in [0.5, 0.6) is 0 Å². The van der Waals surface area contributed by atoms with Gasteiger partial charge in [0, 0.05) is 35.4 Å². The van der Waals surface area contributed by atoms with E-state index in [1.165, 1.54) is 122 Å². The molecule has 0 N–H and O–H groups in total. The molecular formula is C52H86N2. The van der Waals surface area contributed by atoms with Gasteiger partial charge in [-0.25, -0.2) is 0 Å². The average Bonchev–Trinajstić information content (AvgIpc) is 3.29. The Kier molecular flexibility index (Phi) is 11.5. The lowest BCUT2D eigenvalue weighted by Gasteiger charge is -2.53. The molecule has 0 aromatic rings. The standard InChI is InChI=1S/C52H86N2/c1-36-28-43(35-45(29-36)54-47-25-24-39(48(2,3)4)34-46(47)52(51(54,11)12)26-17-14-18-27-52)53(42-23-19-22-38(30-42)37-20-15-13-16-21-37)44-32-40(49(5,6)7)31-41(33-44)50(8,9)10/h22,24,32,35-37,41-42,44-47H,13-21,23,25-31,33-34H2,1-12H3. The molecular weight excluding hydrogens is 653 g/mol. The van der Waals surface area contributed by atoms with Gasteiger partial charge in [0.25, 0.3) is 0 Å². The molecule has 2 heteroatoms. The lowest BCUT2D eigenvalue weighted by atomic mass is 9.55. The number of hydrogen-bond acceptors (Lipinski definition) is 2. The van der Waals surface area contributed by atoms with Crippen LogP contribution in [0.3, 0.4) is 0 Å². The topological polar surface area (TPSA) is 6.48 Å². The van der Waals surface area contributed by atoms with Gasteiger partial charge in [0.15, 0.2) is 0 Å². The van der Waals surface area contributed by atoms with E-state index in [-0.39, 0.29) is 16.4 Å². The highest BCUT2D eigenvalue weighted by Crippen LogP contribution is 2.65. The maximum absolute atomic E-state index is 3.20. The average molecular weight is 739 g/mol. The Morgan fingerprint density at radius 1 is 0.704 bits per heavy atom. The predicted octanol–water partition coefficient (Wildman–Crippen LogP) is 14.6. The first-order valence-corrected chi connectivity index (χ1v) is 23.7. The van der Waals surface area contributed by atoms with Gasteiger partial charge in [-0.3, -0.25) is 4.90 Å². The second-order valence-electron chi connectivity index (χ2n) is 24.0. The summed E-state index contributed by atoms with van der Waals surface area (Å²) in [5, 5.41) is 0. The van der Waals surface area contributed by atoms with Gasteiger partial charge in [-0.2, -0.15) is 0 Å². The van der Waals surface area contributed by atoms with Gasteiger partial charge in [0.05, 0.1) is 0 Å². The van der Waals surface area contributed by atoms with Crippen LogP contribution >= 0.6 is 0 Å². The van der Waals surface area contributed by atoms with E-state index in [9.17, 15) is 0 Å². The van der Waals surface area contributed by atoms with E-state index in [0.29, 0.717) is 46.8 Å². The van der Waals surface area contributed by atoms with Gasteiger partial charge in [-0.05, 0) is 149 Å². The molecule has 2 saturated carbocycles. The van der Waals surface area contributed by atoms with E-state index in [0.717, 1.165) is 11.8 Å². The minimum atomic E-state index is 0.210. The van der Waals surface area contributed by atoms with Crippen LogP contribution in [0.15, 0.2) is 46.7 Å². The summed E-state index contributed by atoms with van der Waals surface area (Å²) in [6.45, 7) is 30.6. The first kappa shape index (κ1) is 40.9. The molecule has 0 aromatic heterocycles. The Morgan fingerprint density at radius 2 is 1.37 bits per heavy atom. The summed E-state index contributed by atoms with van der Waals surface area (Å²) < 4.78 is 0. The fourth-order valence-corrected chi connectivity index (χ4v) is 14.0. The van der Waals surface area contributed by atoms with E-state index < -0.39 is 0 Å². The molecule has 3 fully saturated rings. The van der Waals surface area contributed by atoms with Crippen molar-refractivity contribution in [2.24, 2.45) is 45.3 Å². The minimum absolute atomic E-state index is 0.210. The van der Waals surface area contributed by atoms with Gasteiger partial charge in [0.1, 0.15) is 0 Å². The van der Waals surface area contributed by atoms with Crippen LogP contribution in [0.4, 0.5) is 0 Å². The van der Waals surface area contributed by atoms with Crippen LogP contribution in [-0.2, 0) is 0 Å². The second-order valence-corrected chi connectivity index (χ2v) is 24.0. The molecule has 0 aromatic carbocycles. The third kappa shape index (κ3) is 7.81. The van der Waals surface area contributed by atoms with Crippen molar-refractivity contribution in [1.82, 2.24) is 9.80 Å². The van der Waals surface area contributed by atoms with Gasteiger partial charge in [-0.1, -0.05) is 143 Å². The van der Waals surface area contributed by atoms with Gasteiger partial charge >= 0.3 is 0 Å². The maximum Gasteiger partial charge on any atom is 0.0479 e. The molecule has 304 valence electrons. The van der Waals surface area contributed by atoms with Crippen molar-refractivity contribution < 1.29 is 0 Å². The molecule has 1 heterocycles. The van der Waals surface area contributed by atoms with Gasteiger partial charge < -0.3 is 4.90 Å². The molecule has 1 saturated heterocycles. The van der Waals surface area contributed by atoms with Crippen LogP contribution in [0.25, 0.3) is 0 Å². The van der Waals surface area contributed by atoms with E-state index in [1.807, 2.05) is 5.57 Å². The molecule has 2 nitrogen and oxygen atoms in total. The summed E-state index contributed by atoms with van der Waals surface area (Å²) in [4.78, 5) is 6.35. The summed E-state index contributed by atoms with van der Waals surface area (Å²) in [5.74, 6) is 3.07. The number of fused-ring (bicyclic) bond motifs is 2. The zero-order valence-corrected chi connectivity index (χ0v) is 37.8. The van der Waals surface area contributed by atoms with E-state index >= 15 is 0 Å². The van der Waals surface area contributed by atoms with Crippen molar-refractivity contribution in [2.45, 2.75) is 235 Å². The highest BCUT2D eigenvalue weighted by molar-refractivity contribution is 5.30. The lowest BCUT2D eigenvalue weighted by molar-refractivity contribution is -0.00411. The number of nitrogens with zero attached hydrogens (tertiary/aromatic N) is 2. The zero-order valence-electron chi connectivity index (χ0n) is 37.8. The van der Waals surface area contributed by atoms with Crippen molar-refractivity contribution >= 4 is 0 Å². The third-order valence-electron chi connectivity index (χ3n) is 17.3. The van der Waals surface area contributed by atoms with Crippen LogP contribution in [0.2, 0.25) is 0 Å². The second kappa shape index (κ2) is 15.1. The lowest BCUT2D eigenvalue weighted by Crippen LogP contribution is -2.56. The molecule has 7 aliphatic rings. The summed E-state index contributed by atoms with van der Waals surface area (Å²) in [6, 6.07) is 2.33. The summed E-state index contributed by atoms with van der Waals surface area (Å²) in [7, 11) is 0. The minimum Gasteiger partial charge on any atom is -0.365 e. The monoisotopic (exact) mass is 739 g/mol. The normalized spacial score (nSPS) is 35.5. The Hall–Kier alpha value is -1.28. The molecule has 6 aliphatic carbocycles. The quantitative estimate of drug-likeness (QED) is 0.259. The summed E-state index contributed by atoms with van der Waals surface area (Å²) in [5.41, 5.74) is 8.49. The maximum atomic E-state index is 3.20. The van der Waals surface area contributed by atoms with Crippen molar-refractivity contribution in [3.05, 3.63) is 46.7 Å². The molecule has 54 heavy (non-hydrogen) atoms. The largest absolute Gasteiger partial charge is 0.365 e. The molecule has 1 spiro atoms. The third-order valence-corrected chi connectivity index (χ3v) is 17.3. The first-order chi connectivity index (χ1) is 25.3. The molecule has 0 amide bonds. The van der Waals surface area contributed by atoms with E-state index in [4.69, 9.17) is 0 Å². The Bertz CT molecular complexity index is 1450. The smallest absolute Gasteiger partial charge is 0.0479 e. The number of likely N-dealkylation sites (tertiary alicyclic amines) is 1. The Morgan fingerprint density at radius 3 is 2.02 bits per heavy atom. The predicted molar refractivity (Wildman–Crippen MR) is 233 cm³/mol. The van der Waals surface area contributed by atoms with Crippen molar-refractivity contribution in [1.29, 1.82) is 0 Å². The highest BCUT2D eigenvalue weighted by Gasteiger charge is 2.64. The number of hydrogen-bond donors (Lipinski definition) is 0. The first-order valence-electron chi connectivity index (χ1n) is 23.7. The molecule has 7 rings (SSSR count). The van der Waals surface area contributed by atoms with Gasteiger partial charge in [0.2, 0.25) is 0 Å². The molecule has 0 radical (unpaired) electrons. The van der Waals surface area contributed by atoms with E-state index in [2.05, 4.69) is 117 Å². The van der Waals surface area contributed by atoms with Crippen LogP contribution in [0.1, 0.15) is 205 Å².